The number of aliphatic hydroxyl groups excluding tert-OH is 2. The summed E-state index contributed by atoms with van der Waals surface area (Å²) in [5.41, 5.74) is 0. The summed E-state index contributed by atoms with van der Waals surface area (Å²) in [6, 6.07) is 0. The third kappa shape index (κ3) is 4.31. The van der Waals surface area contributed by atoms with Gasteiger partial charge in [-0.1, -0.05) is 6.92 Å². The maximum absolute atomic E-state index is 10.5. The third-order valence-electron chi connectivity index (χ3n) is 1.85. The van der Waals surface area contributed by atoms with Crippen LogP contribution in [0.1, 0.15) is 26.2 Å². The highest BCUT2D eigenvalue weighted by Gasteiger charge is 2.19. The molecular weight excluding hydrogens is 160 g/mol. The van der Waals surface area contributed by atoms with Crippen LogP contribution in [-0.4, -0.2) is 34.0 Å². The maximum Gasteiger partial charge on any atom is 0.306 e. The van der Waals surface area contributed by atoms with Crippen molar-refractivity contribution in [3.8, 4) is 0 Å². The van der Waals surface area contributed by atoms with Gasteiger partial charge in [0.25, 0.3) is 0 Å². The van der Waals surface area contributed by atoms with E-state index >= 15 is 0 Å². The van der Waals surface area contributed by atoms with E-state index in [1.807, 2.05) is 0 Å². The van der Waals surface area contributed by atoms with Gasteiger partial charge >= 0.3 is 5.97 Å². The molecule has 4 heteroatoms. The van der Waals surface area contributed by atoms with E-state index in [1.165, 1.54) is 0 Å². The Morgan fingerprint density at radius 2 is 2.08 bits per heavy atom. The predicted octanol–water partition coefficient (Wildman–Crippen LogP) is 0.231. The highest BCUT2D eigenvalue weighted by atomic mass is 16.4. The fraction of sp³-hybridized carbons (Fsp3) is 0.875. The fourth-order valence-electron chi connectivity index (χ4n) is 0.993. The standard InChI is InChI=1S/C8H16O4/c1-2-7(10)5-6(3-4-9)8(11)12/h6-7,9-10H,2-5H2,1H3,(H,11,12). The highest BCUT2D eigenvalue weighted by molar-refractivity contribution is 5.69. The molecule has 0 aliphatic rings. The maximum atomic E-state index is 10.5. The van der Waals surface area contributed by atoms with Crippen molar-refractivity contribution < 1.29 is 20.1 Å². The second kappa shape index (κ2) is 5.97. The van der Waals surface area contributed by atoms with Crippen LogP contribution in [0.5, 0.6) is 0 Å². The Hall–Kier alpha value is -0.610. The summed E-state index contributed by atoms with van der Waals surface area (Å²) in [7, 11) is 0. The van der Waals surface area contributed by atoms with Crippen LogP contribution in [0.3, 0.4) is 0 Å². The number of hydrogen-bond acceptors (Lipinski definition) is 3. The van der Waals surface area contributed by atoms with Crippen molar-refractivity contribution in [2.45, 2.75) is 32.3 Å². The van der Waals surface area contributed by atoms with Gasteiger partial charge in [-0.3, -0.25) is 4.79 Å². The van der Waals surface area contributed by atoms with Crippen LogP contribution in [0.15, 0.2) is 0 Å². The van der Waals surface area contributed by atoms with E-state index in [-0.39, 0.29) is 19.4 Å². The Labute approximate surface area is 71.8 Å². The first-order valence-corrected chi connectivity index (χ1v) is 4.13. The lowest BCUT2D eigenvalue weighted by Gasteiger charge is -2.13. The van der Waals surface area contributed by atoms with Crippen molar-refractivity contribution in [1.82, 2.24) is 0 Å². The zero-order valence-corrected chi connectivity index (χ0v) is 7.23. The van der Waals surface area contributed by atoms with Gasteiger partial charge in [-0.15, -0.1) is 0 Å². The minimum absolute atomic E-state index is 0.145. The molecule has 0 heterocycles. The smallest absolute Gasteiger partial charge is 0.306 e. The Bertz CT molecular complexity index is 135. The summed E-state index contributed by atoms with van der Waals surface area (Å²) in [4.78, 5) is 10.5. The van der Waals surface area contributed by atoms with Crippen LogP contribution >= 0.6 is 0 Å². The van der Waals surface area contributed by atoms with Gasteiger partial charge in [0.05, 0.1) is 12.0 Å². The predicted molar refractivity (Wildman–Crippen MR) is 43.7 cm³/mol. The van der Waals surface area contributed by atoms with Gasteiger partial charge < -0.3 is 15.3 Å². The first kappa shape index (κ1) is 11.4. The molecule has 0 rings (SSSR count). The zero-order valence-electron chi connectivity index (χ0n) is 7.23. The van der Waals surface area contributed by atoms with E-state index in [2.05, 4.69) is 0 Å². The minimum Gasteiger partial charge on any atom is -0.481 e. The summed E-state index contributed by atoms with van der Waals surface area (Å²) >= 11 is 0. The van der Waals surface area contributed by atoms with E-state index in [0.717, 1.165) is 0 Å². The monoisotopic (exact) mass is 176 g/mol. The van der Waals surface area contributed by atoms with Gasteiger partial charge in [0, 0.05) is 6.61 Å². The van der Waals surface area contributed by atoms with Gasteiger partial charge in [-0.2, -0.15) is 0 Å². The van der Waals surface area contributed by atoms with Crippen LogP contribution in [0, 0.1) is 5.92 Å². The molecule has 12 heavy (non-hydrogen) atoms. The molecule has 0 aliphatic heterocycles. The van der Waals surface area contributed by atoms with E-state index in [0.29, 0.717) is 6.42 Å². The minimum atomic E-state index is -0.948. The van der Waals surface area contributed by atoms with Gasteiger partial charge in [-0.05, 0) is 19.3 Å². The number of aliphatic carboxylic acids is 1. The average molecular weight is 176 g/mol. The third-order valence-corrected chi connectivity index (χ3v) is 1.85. The first-order valence-electron chi connectivity index (χ1n) is 4.13. The molecule has 0 saturated carbocycles. The van der Waals surface area contributed by atoms with E-state index in [4.69, 9.17) is 15.3 Å². The SMILES string of the molecule is CCC(O)CC(CCO)C(=O)O. The van der Waals surface area contributed by atoms with Crippen molar-refractivity contribution in [2.75, 3.05) is 6.61 Å². The van der Waals surface area contributed by atoms with Crippen molar-refractivity contribution >= 4 is 5.97 Å². The second-order valence-electron chi connectivity index (χ2n) is 2.85. The van der Waals surface area contributed by atoms with Crippen molar-refractivity contribution in [1.29, 1.82) is 0 Å². The number of carboxylic acids is 1. The molecule has 0 radical (unpaired) electrons. The largest absolute Gasteiger partial charge is 0.481 e. The van der Waals surface area contributed by atoms with Gasteiger partial charge in [0.15, 0.2) is 0 Å². The van der Waals surface area contributed by atoms with E-state index < -0.39 is 18.0 Å². The summed E-state index contributed by atoms with van der Waals surface area (Å²) < 4.78 is 0. The molecule has 0 spiro atoms. The molecule has 0 aliphatic carbocycles. The van der Waals surface area contributed by atoms with E-state index in [1.54, 1.807) is 6.92 Å². The normalized spacial score (nSPS) is 15.6. The molecule has 0 saturated heterocycles. The molecule has 4 nitrogen and oxygen atoms in total. The van der Waals surface area contributed by atoms with Gasteiger partial charge in [0.2, 0.25) is 0 Å². The van der Waals surface area contributed by atoms with Crippen molar-refractivity contribution in [3.63, 3.8) is 0 Å². The fourth-order valence-corrected chi connectivity index (χ4v) is 0.993. The number of hydrogen-bond donors (Lipinski definition) is 3. The molecule has 2 unspecified atom stereocenters. The Kier molecular flexibility index (Phi) is 5.66. The summed E-state index contributed by atoms with van der Waals surface area (Å²) in [5, 5.41) is 26.3. The molecular formula is C8H16O4. The number of carbonyl (C=O) groups is 1. The average Bonchev–Trinajstić information content (AvgIpc) is 2.03. The molecule has 72 valence electrons. The molecule has 0 amide bonds. The summed E-state index contributed by atoms with van der Waals surface area (Å²) in [6.07, 6.45) is 0.422. The summed E-state index contributed by atoms with van der Waals surface area (Å²) in [6.45, 7) is 1.65. The first-order chi connectivity index (χ1) is 5.61. The molecule has 0 aromatic rings. The molecule has 3 N–H and O–H groups in total. The Balaban J connectivity index is 3.86. The van der Waals surface area contributed by atoms with Crippen molar-refractivity contribution in [3.05, 3.63) is 0 Å². The quantitative estimate of drug-likeness (QED) is 0.541. The molecule has 0 fully saturated rings. The molecule has 0 aromatic carbocycles. The molecule has 0 bridgehead atoms. The van der Waals surface area contributed by atoms with E-state index in [9.17, 15) is 4.79 Å². The van der Waals surface area contributed by atoms with Crippen LogP contribution in [0.25, 0.3) is 0 Å². The van der Waals surface area contributed by atoms with Crippen LogP contribution in [0.4, 0.5) is 0 Å². The van der Waals surface area contributed by atoms with Crippen LogP contribution in [0.2, 0.25) is 0 Å². The highest BCUT2D eigenvalue weighted by Crippen LogP contribution is 2.12. The van der Waals surface area contributed by atoms with Crippen LogP contribution < -0.4 is 0 Å². The Morgan fingerprint density at radius 1 is 1.50 bits per heavy atom. The number of rotatable bonds is 6. The molecule has 2 atom stereocenters. The second-order valence-corrected chi connectivity index (χ2v) is 2.85. The lowest BCUT2D eigenvalue weighted by atomic mass is 9.97. The van der Waals surface area contributed by atoms with Gasteiger partial charge in [-0.25, -0.2) is 0 Å². The van der Waals surface area contributed by atoms with Gasteiger partial charge in [0.1, 0.15) is 0 Å². The summed E-state index contributed by atoms with van der Waals surface area (Å²) in [5.74, 6) is -1.57. The van der Waals surface area contributed by atoms with Crippen molar-refractivity contribution in [2.24, 2.45) is 5.92 Å². The number of aliphatic hydroxyl groups is 2. The Morgan fingerprint density at radius 3 is 2.42 bits per heavy atom. The van der Waals surface area contributed by atoms with Crippen LogP contribution in [-0.2, 0) is 4.79 Å². The topological polar surface area (TPSA) is 77.8 Å². The zero-order chi connectivity index (χ0) is 9.56. The molecule has 0 aromatic heterocycles. The lowest BCUT2D eigenvalue weighted by molar-refractivity contribution is -0.143. The number of carboxylic acid groups (broad SMARTS) is 1. The lowest BCUT2D eigenvalue weighted by Crippen LogP contribution is -2.21.